The van der Waals surface area contributed by atoms with E-state index in [0.29, 0.717) is 6.54 Å². The Labute approximate surface area is 116 Å². The molecule has 2 rings (SSSR count). The third-order valence-corrected chi connectivity index (χ3v) is 3.99. The number of carbonyl (C=O) groups is 1. The molecule has 1 saturated heterocycles. The standard InChI is InChI=1S/C15H26N2O2/c1-15(2,3)13-4-6-17(7-5-13)14(18)12-16-8-10-19-11-9-16/h4H,5-12H2,1-3H3. The summed E-state index contributed by atoms with van der Waals surface area (Å²) in [5.74, 6) is 0.256. The fourth-order valence-corrected chi connectivity index (χ4v) is 2.63. The summed E-state index contributed by atoms with van der Waals surface area (Å²) < 4.78 is 5.30. The van der Waals surface area contributed by atoms with Crippen molar-refractivity contribution in [1.29, 1.82) is 0 Å². The second kappa shape index (κ2) is 6.06. The topological polar surface area (TPSA) is 32.8 Å². The SMILES string of the molecule is CC(C)(C)C1=CCN(C(=O)CN2CCOCC2)CC1. The van der Waals surface area contributed by atoms with Crippen molar-refractivity contribution in [2.45, 2.75) is 27.2 Å². The lowest BCUT2D eigenvalue weighted by Crippen LogP contribution is -2.46. The molecule has 0 N–H and O–H groups in total. The second-order valence-corrected chi connectivity index (χ2v) is 6.46. The van der Waals surface area contributed by atoms with Crippen molar-refractivity contribution < 1.29 is 9.53 Å². The summed E-state index contributed by atoms with van der Waals surface area (Å²) in [6.45, 7) is 12.2. The summed E-state index contributed by atoms with van der Waals surface area (Å²) >= 11 is 0. The third-order valence-electron chi connectivity index (χ3n) is 3.99. The molecule has 0 bridgehead atoms. The van der Waals surface area contributed by atoms with Crippen molar-refractivity contribution >= 4 is 5.91 Å². The van der Waals surface area contributed by atoms with Crippen LogP contribution in [0.3, 0.4) is 0 Å². The zero-order chi connectivity index (χ0) is 13.9. The normalized spacial score (nSPS) is 22.3. The van der Waals surface area contributed by atoms with Crippen LogP contribution in [0.2, 0.25) is 0 Å². The molecule has 1 amide bonds. The molecule has 4 nitrogen and oxygen atoms in total. The monoisotopic (exact) mass is 266 g/mol. The van der Waals surface area contributed by atoms with E-state index in [1.54, 1.807) is 0 Å². The first kappa shape index (κ1) is 14.5. The Morgan fingerprint density at radius 3 is 2.47 bits per heavy atom. The molecular weight excluding hydrogens is 240 g/mol. The molecular formula is C15H26N2O2. The van der Waals surface area contributed by atoms with Crippen LogP contribution in [-0.4, -0.2) is 61.6 Å². The maximum atomic E-state index is 12.2. The molecule has 19 heavy (non-hydrogen) atoms. The Morgan fingerprint density at radius 1 is 1.26 bits per heavy atom. The first-order valence-corrected chi connectivity index (χ1v) is 7.24. The molecule has 0 aromatic heterocycles. The van der Waals surface area contributed by atoms with Gasteiger partial charge in [-0.3, -0.25) is 9.69 Å². The summed E-state index contributed by atoms with van der Waals surface area (Å²) in [4.78, 5) is 16.4. The van der Waals surface area contributed by atoms with Gasteiger partial charge in [-0.25, -0.2) is 0 Å². The van der Waals surface area contributed by atoms with E-state index in [9.17, 15) is 4.79 Å². The highest BCUT2D eigenvalue weighted by molar-refractivity contribution is 5.78. The highest BCUT2D eigenvalue weighted by atomic mass is 16.5. The van der Waals surface area contributed by atoms with Crippen molar-refractivity contribution in [3.8, 4) is 0 Å². The maximum absolute atomic E-state index is 12.2. The Balaban J connectivity index is 1.83. The first-order valence-electron chi connectivity index (χ1n) is 7.24. The van der Waals surface area contributed by atoms with E-state index in [0.717, 1.165) is 45.8 Å². The van der Waals surface area contributed by atoms with Gasteiger partial charge in [0, 0.05) is 26.2 Å². The number of morpholine rings is 1. The zero-order valence-corrected chi connectivity index (χ0v) is 12.4. The molecule has 1 fully saturated rings. The molecule has 2 aliphatic rings. The highest BCUT2D eigenvalue weighted by Crippen LogP contribution is 2.30. The lowest BCUT2D eigenvalue weighted by atomic mass is 9.83. The maximum Gasteiger partial charge on any atom is 0.237 e. The summed E-state index contributed by atoms with van der Waals surface area (Å²) in [6, 6.07) is 0. The Hall–Kier alpha value is -0.870. The van der Waals surface area contributed by atoms with Crippen LogP contribution in [0.25, 0.3) is 0 Å². The van der Waals surface area contributed by atoms with Crippen molar-refractivity contribution in [2.24, 2.45) is 5.41 Å². The third kappa shape index (κ3) is 4.05. The fraction of sp³-hybridized carbons (Fsp3) is 0.800. The van der Waals surface area contributed by atoms with E-state index in [1.165, 1.54) is 5.57 Å². The Morgan fingerprint density at radius 2 is 1.95 bits per heavy atom. The van der Waals surface area contributed by atoms with Gasteiger partial charge in [0.15, 0.2) is 0 Å². The van der Waals surface area contributed by atoms with Crippen LogP contribution in [0.5, 0.6) is 0 Å². The fourth-order valence-electron chi connectivity index (χ4n) is 2.63. The number of ether oxygens (including phenoxy) is 1. The predicted octanol–water partition coefficient (Wildman–Crippen LogP) is 1.52. The molecule has 0 spiro atoms. The molecule has 0 aliphatic carbocycles. The lowest BCUT2D eigenvalue weighted by molar-refractivity contribution is -0.133. The van der Waals surface area contributed by atoms with E-state index < -0.39 is 0 Å². The van der Waals surface area contributed by atoms with Crippen LogP contribution in [-0.2, 0) is 9.53 Å². The van der Waals surface area contributed by atoms with Gasteiger partial charge < -0.3 is 9.64 Å². The molecule has 2 heterocycles. The van der Waals surface area contributed by atoms with Gasteiger partial charge in [0.2, 0.25) is 5.91 Å². The van der Waals surface area contributed by atoms with Gasteiger partial charge in [0.25, 0.3) is 0 Å². The number of carbonyl (C=O) groups excluding carboxylic acids is 1. The van der Waals surface area contributed by atoms with Gasteiger partial charge in [-0.2, -0.15) is 0 Å². The Kier molecular flexibility index (Phi) is 4.63. The lowest BCUT2D eigenvalue weighted by Gasteiger charge is -2.34. The molecule has 0 aromatic carbocycles. The van der Waals surface area contributed by atoms with Crippen LogP contribution in [0, 0.1) is 5.41 Å². The molecule has 0 aromatic rings. The molecule has 0 saturated carbocycles. The van der Waals surface area contributed by atoms with Crippen molar-refractivity contribution in [3.63, 3.8) is 0 Å². The van der Waals surface area contributed by atoms with Crippen molar-refractivity contribution in [2.75, 3.05) is 45.9 Å². The number of hydrogen-bond donors (Lipinski definition) is 0. The highest BCUT2D eigenvalue weighted by Gasteiger charge is 2.24. The van der Waals surface area contributed by atoms with E-state index in [2.05, 4.69) is 31.7 Å². The zero-order valence-electron chi connectivity index (χ0n) is 12.4. The van der Waals surface area contributed by atoms with Gasteiger partial charge in [0.1, 0.15) is 0 Å². The minimum Gasteiger partial charge on any atom is -0.379 e. The minimum absolute atomic E-state index is 0.235. The van der Waals surface area contributed by atoms with Gasteiger partial charge in [-0.05, 0) is 11.8 Å². The molecule has 108 valence electrons. The quantitative estimate of drug-likeness (QED) is 0.711. The molecule has 2 aliphatic heterocycles. The summed E-state index contributed by atoms with van der Waals surface area (Å²) in [7, 11) is 0. The number of hydrogen-bond acceptors (Lipinski definition) is 3. The van der Waals surface area contributed by atoms with Crippen molar-refractivity contribution in [1.82, 2.24) is 9.80 Å². The number of amides is 1. The second-order valence-electron chi connectivity index (χ2n) is 6.46. The molecule has 0 unspecified atom stereocenters. The molecule has 0 atom stereocenters. The van der Waals surface area contributed by atoms with E-state index in [-0.39, 0.29) is 11.3 Å². The summed E-state index contributed by atoms with van der Waals surface area (Å²) in [5.41, 5.74) is 1.71. The van der Waals surface area contributed by atoms with Crippen LogP contribution in [0.1, 0.15) is 27.2 Å². The smallest absolute Gasteiger partial charge is 0.237 e. The average molecular weight is 266 g/mol. The van der Waals surface area contributed by atoms with E-state index in [1.807, 2.05) is 4.90 Å². The minimum atomic E-state index is 0.235. The van der Waals surface area contributed by atoms with Crippen LogP contribution in [0.15, 0.2) is 11.6 Å². The van der Waals surface area contributed by atoms with E-state index >= 15 is 0 Å². The average Bonchev–Trinajstić information content (AvgIpc) is 2.39. The predicted molar refractivity (Wildman–Crippen MR) is 76.0 cm³/mol. The van der Waals surface area contributed by atoms with Gasteiger partial charge in [-0.15, -0.1) is 0 Å². The van der Waals surface area contributed by atoms with Crippen LogP contribution >= 0.6 is 0 Å². The van der Waals surface area contributed by atoms with Gasteiger partial charge in [0.05, 0.1) is 19.8 Å². The molecule has 4 heteroatoms. The van der Waals surface area contributed by atoms with Crippen LogP contribution in [0.4, 0.5) is 0 Å². The Bertz CT molecular complexity index is 352. The largest absolute Gasteiger partial charge is 0.379 e. The van der Waals surface area contributed by atoms with Gasteiger partial charge in [-0.1, -0.05) is 32.4 Å². The van der Waals surface area contributed by atoms with Crippen molar-refractivity contribution in [3.05, 3.63) is 11.6 Å². The van der Waals surface area contributed by atoms with E-state index in [4.69, 9.17) is 4.74 Å². The summed E-state index contributed by atoms with van der Waals surface area (Å²) in [5, 5.41) is 0. The molecule has 0 radical (unpaired) electrons. The first-order chi connectivity index (χ1) is 8.97. The van der Waals surface area contributed by atoms with Crippen LogP contribution < -0.4 is 0 Å². The number of nitrogens with zero attached hydrogens (tertiary/aromatic N) is 2. The van der Waals surface area contributed by atoms with Gasteiger partial charge >= 0.3 is 0 Å². The summed E-state index contributed by atoms with van der Waals surface area (Å²) in [6.07, 6.45) is 3.25. The number of rotatable bonds is 2.